The van der Waals surface area contributed by atoms with Crippen molar-refractivity contribution in [3.63, 3.8) is 0 Å². The summed E-state index contributed by atoms with van der Waals surface area (Å²) in [6.07, 6.45) is 9.41. The van der Waals surface area contributed by atoms with Crippen molar-refractivity contribution >= 4 is 21.6 Å². The summed E-state index contributed by atoms with van der Waals surface area (Å²) in [4.78, 5) is 4.44. The van der Waals surface area contributed by atoms with Crippen molar-refractivity contribution in [2.75, 3.05) is 5.32 Å². The molecular formula is C21H35BrN2. The lowest BCUT2D eigenvalue weighted by atomic mass is 9.64. The molecule has 136 valence electrons. The summed E-state index contributed by atoms with van der Waals surface area (Å²) >= 11 is 3.72. The van der Waals surface area contributed by atoms with Crippen molar-refractivity contribution in [2.24, 2.45) is 16.7 Å². The largest absolute Gasteiger partial charge is 0.381 e. The molecule has 0 aromatic carbocycles. The van der Waals surface area contributed by atoms with Crippen LogP contribution in [0.25, 0.3) is 0 Å². The van der Waals surface area contributed by atoms with Crippen LogP contribution >= 0.6 is 15.9 Å². The van der Waals surface area contributed by atoms with Gasteiger partial charge in [0.25, 0.3) is 0 Å². The zero-order valence-corrected chi connectivity index (χ0v) is 18.0. The molecule has 1 fully saturated rings. The fraction of sp³-hybridized carbons (Fsp3) is 0.762. The van der Waals surface area contributed by atoms with Crippen molar-refractivity contribution in [1.29, 1.82) is 0 Å². The Balaban J connectivity index is 1.94. The van der Waals surface area contributed by atoms with Gasteiger partial charge in [0.05, 0.1) is 15.9 Å². The Hall–Kier alpha value is -0.570. The second kappa shape index (κ2) is 7.76. The molecule has 1 aromatic heterocycles. The first-order chi connectivity index (χ1) is 11.1. The van der Waals surface area contributed by atoms with Crippen LogP contribution in [0.15, 0.2) is 16.7 Å². The van der Waals surface area contributed by atoms with Crippen LogP contribution < -0.4 is 5.32 Å². The van der Waals surface area contributed by atoms with E-state index in [1.807, 2.05) is 6.20 Å². The molecule has 1 aromatic rings. The standard InChI is InChI=1S/C21H35BrN2/c1-7-17-19(22)18(12-13-23-17)24-16-10-8-15(9-11-16)21(5,6)14-20(2,3)4/h12-13,15-16H,7-11,14H2,1-6H3,(H,23,24)/t15-,16+. The van der Waals surface area contributed by atoms with E-state index in [1.165, 1.54) is 37.8 Å². The van der Waals surface area contributed by atoms with E-state index in [4.69, 9.17) is 0 Å². The first kappa shape index (κ1) is 19.8. The molecule has 1 aliphatic rings. The SMILES string of the molecule is CCc1nccc(N[C@H]2CC[C@@H](C(C)(C)CC(C)(C)C)CC2)c1Br. The fourth-order valence-electron chi connectivity index (χ4n) is 4.60. The lowest BCUT2D eigenvalue weighted by molar-refractivity contribution is 0.0968. The van der Waals surface area contributed by atoms with Crippen LogP contribution in [0.1, 0.15) is 79.3 Å². The third-order valence-corrected chi connectivity index (χ3v) is 6.36. The first-order valence-corrected chi connectivity index (χ1v) is 10.3. The number of hydrogen-bond acceptors (Lipinski definition) is 2. The highest BCUT2D eigenvalue weighted by Crippen LogP contribution is 2.45. The number of rotatable bonds is 5. The number of nitrogens with one attached hydrogen (secondary N) is 1. The van der Waals surface area contributed by atoms with Crippen LogP contribution in [0.3, 0.4) is 0 Å². The van der Waals surface area contributed by atoms with Gasteiger partial charge in [0.2, 0.25) is 0 Å². The normalized spacial score (nSPS) is 22.5. The number of pyridine rings is 1. The minimum absolute atomic E-state index is 0.414. The summed E-state index contributed by atoms with van der Waals surface area (Å²) in [5, 5.41) is 3.76. The Morgan fingerprint density at radius 2 is 1.75 bits per heavy atom. The average Bonchev–Trinajstić information content (AvgIpc) is 2.47. The second-order valence-corrected chi connectivity index (χ2v) is 10.2. The minimum Gasteiger partial charge on any atom is -0.381 e. The Morgan fingerprint density at radius 3 is 2.29 bits per heavy atom. The molecule has 0 aliphatic heterocycles. The number of nitrogens with zero attached hydrogens (tertiary/aromatic N) is 1. The molecule has 0 amide bonds. The van der Waals surface area contributed by atoms with E-state index < -0.39 is 0 Å². The van der Waals surface area contributed by atoms with Gasteiger partial charge in [-0.3, -0.25) is 4.98 Å². The van der Waals surface area contributed by atoms with Gasteiger partial charge in [-0.15, -0.1) is 0 Å². The molecule has 3 heteroatoms. The van der Waals surface area contributed by atoms with Crippen LogP contribution in [-0.2, 0) is 6.42 Å². The van der Waals surface area contributed by atoms with Gasteiger partial charge in [-0.1, -0.05) is 41.5 Å². The van der Waals surface area contributed by atoms with E-state index in [0.29, 0.717) is 16.9 Å². The van der Waals surface area contributed by atoms with E-state index in [9.17, 15) is 0 Å². The van der Waals surface area contributed by atoms with Crippen LogP contribution in [0, 0.1) is 16.7 Å². The van der Waals surface area contributed by atoms with Gasteiger partial charge in [0, 0.05) is 12.2 Å². The number of aromatic nitrogens is 1. The molecule has 0 bridgehead atoms. The molecule has 0 spiro atoms. The van der Waals surface area contributed by atoms with Crippen molar-refractivity contribution < 1.29 is 0 Å². The van der Waals surface area contributed by atoms with Gasteiger partial charge >= 0.3 is 0 Å². The Labute approximate surface area is 157 Å². The molecule has 0 radical (unpaired) electrons. The maximum atomic E-state index is 4.44. The second-order valence-electron chi connectivity index (χ2n) is 9.39. The van der Waals surface area contributed by atoms with Crippen molar-refractivity contribution in [3.05, 3.63) is 22.4 Å². The fourth-order valence-corrected chi connectivity index (χ4v) is 5.22. The lowest BCUT2D eigenvalue weighted by Gasteiger charge is -2.43. The summed E-state index contributed by atoms with van der Waals surface area (Å²) in [7, 11) is 0. The van der Waals surface area contributed by atoms with Crippen LogP contribution in [0.2, 0.25) is 0 Å². The average molecular weight is 395 g/mol. The highest BCUT2D eigenvalue weighted by Gasteiger charge is 2.35. The Morgan fingerprint density at radius 1 is 1.12 bits per heavy atom. The Bertz CT molecular complexity index is 537. The molecule has 2 nitrogen and oxygen atoms in total. The third kappa shape index (κ3) is 5.21. The first-order valence-electron chi connectivity index (χ1n) is 9.52. The molecule has 1 N–H and O–H groups in total. The number of anilines is 1. The molecule has 1 aliphatic carbocycles. The maximum absolute atomic E-state index is 4.44. The molecule has 2 rings (SSSR count). The summed E-state index contributed by atoms with van der Waals surface area (Å²) in [6.45, 7) is 14.2. The number of hydrogen-bond donors (Lipinski definition) is 1. The summed E-state index contributed by atoms with van der Waals surface area (Å²) < 4.78 is 1.14. The molecule has 24 heavy (non-hydrogen) atoms. The topological polar surface area (TPSA) is 24.9 Å². The number of halogens is 1. The van der Waals surface area contributed by atoms with E-state index in [0.717, 1.165) is 22.5 Å². The summed E-state index contributed by atoms with van der Waals surface area (Å²) in [5.74, 6) is 0.849. The van der Waals surface area contributed by atoms with Crippen LogP contribution in [0.4, 0.5) is 5.69 Å². The van der Waals surface area contributed by atoms with Gasteiger partial charge in [-0.05, 0) is 77.3 Å². The minimum atomic E-state index is 0.414. The zero-order chi connectivity index (χ0) is 18.0. The third-order valence-electron chi connectivity index (χ3n) is 5.47. The van der Waals surface area contributed by atoms with E-state index in [1.54, 1.807) is 0 Å². The highest BCUT2D eigenvalue weighted by atomic mass is 79.9. The van der Waals surface area contributed by atoms with Crippen molar-refractivity contribution in [2.45, 2.75) is 86.1 Å². The highest BCUT2D eigenvalue weighted by molar-refractivity contribution is 9.10. The summed E-state index contributed by atoms with van der Waals surface area (Å²) in [5.41, 5.74) is 3.20. The zero-order valence-electron chi connectivity index (χ0n) is 16.4. The Kier molecular flexibility index (Phi) is 6.39. The molecule has 0 atom stereocenters. The van der Waals surface area contributed by atoms with E-state index >= 15 is 0 Å². The van der Waals surface area contributed by atoms with Gasteiger partial charge in [-0.25, -0.2) is 0 Å². The van der Waals surface area contributed by atoms with Crippen molar-refractivity contribution in [3.8, 4) is 0 Å². The van der Waals surface area contributed by atoms with Gasteiger partial charge in [0.1, 0.15) is 0 Å². The van der Waals surface area contributed by atoms with Crippen LogP contribution in [-0.4, -0.2) is 11.0 Å². The molecule has 1 saturated carbocycles. The molecule has 0 saturated heterocycles. The van der Waals surface area contributed by atoms with Gasteiger partial charge in [0.15, 0.2) is 0 Å². The van der Waals surface area contributed by atoms with Gasteiger partial charge < -0.3 is 5.32 Å². The predicted molar refractivity (Wildman–Crippen MR) is 109 cm³/mol. The monoisotopic (exact) mass is 394 g/mol. The van der Waals surface area contributed by atoms with Crippen LogP contribution in [0.5, 0.6) is 0 Å². The van der Waals surface area contributed by atoms with Crippen molar-refractivity contribution in [1.82, 2.24) is 4.98 Å². The maximum Gasteiger partial charge on any atom is 0.0622 e. The smallest absolute Gasteiger partial charge is 0.0622 e. The summed E-state index contributed by atoms with van der Waals surface area (Å²) in [6, 6.07) is 2.69. The van der Waals surface area contributed by atoms with E-state index in [-0.39, 0.29) is 0 Å². The van der Waals surface area contributed by atoms with E-state index in [2.05, 4.69) is 73.8 Å². The van der Waals surface area contributed by atoms with Gasteiger partial charge in [-0.2, -0.15) is 0 Å². The lowest BCUT2D eigenvalue weighted by Crippen LogP contribution is -2.35. The molecule has 0 unspecified atom stereocenters. The quantitative estimate of drug-likeness (QED) is 0.590. The predicted octanol–water partition coefficient (Wildman–Crippen LogP) is 6.84. The number of aryl methyl sites for hydroxylation is 1. The molecular weight excluding hydrogens is 360 g/mol. The molecule has 1 heterocycles.